The molecule has 1 N–H and O–H groups in total. The van der Waals surface area contributed by atoms with E-state index in [0.717, 1.165) is 0 Å². The van der Waals surface area contributed by atoms with Crippen molar-refractivity contribution in [3.05, 3.63) is 33.8 Å². The third-order valence-electron chi connectivity index (χ3n) is 4.03. The molecule has 3 rings (SSSR count). The topological polar surface area (TPSA) is 12.0 Å². The number of piperidine rings is 1. The Labute approximate surface area is 106 Å². The lowest BCUT2D eigenvalue weighted by molar-refractivity contribution is 0.280. The molecular formula is C13H15Cl2N. The largest absolute Gasteiger partial charge is 0.305 e. The molecule has 0 saturated carbocycles. The van der Waals surface area contributed by atoms with Gasteiger partial charge in [0.05, 0.1) is 10.0 Å². The molecule has 1 nitrogen and oxygen atoms in total. The minimum atomic E-state index is 0.178. The number of nitrogens with one attached hydrogen (secondary N) is 1. The lowest BCUT2D eigenvalue weighted by Gasteiger charge is -2.35. The quantitative estimate of drug-likeness (QED) is 0.796. The molecule has 2 fully saturated rings. The van der Waals surface area contributed by atoms with Crippen molar-refractivity contribution in [3.8, 4) is 0 Å². The number of halogens is 2. The Balaban J connectivity index is 1.99. The summed E-state index contributed by atoms with van der Waals surface area (Å²) < 4.78 is 0. The number of rotatable bonds is 1. The molecule has 2 bridgehead atoms. The van der Waals surface area contributed by atoms with Gasteiger partial charge in [0.25, 0.3) is 0 Å². The number of hydrogen-bond donors (Lipinski definition) is 1. The predicted octanol–water partition coefficient (Wildman–Crippen LogP) is 4.12. The predicted molar refractivity (Wildman–Crippen MR) is 68.1 cm³/mol. The molecule has 0 aromatic heterocycles. The molecule has 2 atom stereocenters. The SMILES string of the molecule is Clc1ccc(C23CCCC(CC2)N3)cc1Cl. The second kappa shape index (κ2) is 3.90. The van der Waals surface area contributed by atoms with E-state index in [0.29, 0.717) is 16.1 Å². The molecule has 1 aromatic carbocycles. The maximum atomic E-state index is 6.11. The third kappa shape index (κ3) is 1.66. The van der Waals surface area contributed by atoms with E-state index in [2.05, 4.69) is 11.4 Å². The molecule has 86 valence electrons. The summed E-state index contributed by atoms with van der Waals surface area (Å²) in [7, 11) is 0. The van der Waals surface area contributed by atoms with Crippen molar-refractivity contribution in [2.24, 2.45) is 0 Å². The van der Waals surface area contributed by atoms with E-state index < -0.39 is 0 Å². The van der Waals surface area contributed by atoms with Crippen LogP contribution >= 0.6 is 23.2 Å². The first kappa shape index (κ1) is 10.9. The summed E-state index contributed by atoms with van der Waals surface area (Å²) in [4.78, 5) is 0. The fraction of sp³-hybridized carbons (Fsp3) is 0.538. The summed E-state index contributed by atoms with van der Waals surface area (Å²) in [5.74, 6) is 0. The van der Waals surface area contributed by atoms with Crippen molar-refractivity contribution in [3.63, 3.8) is 0 Å². The van der Waals surface area contributed by atoms with Gasteiger partial charge < -0.3 is 5.32 Å². The third-order valence-corrected chi connectivity index (χ3v) is 4.77. The first-order valence-electron chi connectivity index (χ1n) is 5.93. The summed E-state index contributed by atoms with van der Waals surface area (Å²) in [6.45, 7) is 0. The molecule has 0 radical (unpaired) electrons. The fourth-order valence-corrected chi connectivity index (χ4v) is 3.48. The number of fused-ring (bicyclic) bond motifs is 2. The normalized spacial score (nSPS) is 33.0. The Morgan fingerprint density at radius 1 is 1.12 bits per heavy atom. The molecule has 3 heteroatoms. The molecule has 0 aliphatic carbocycles. The maximum absolute atomic E-state index is 6.11. The van der Waals surface area contributed by atoms with Gasteiger partial charge in [-0.2, -0.15) is 0 Å². The Bertz CT molecular complexity index is 414. The van der Waals surface area contributed by atoms with E-state index in [1.807, 2.05) is 12.1 Å². The van der Waals surface area contributed by atoms with Gasteiger partial charge >= 0.3 is 0 Å². The lowest BCUT2D eigenvalue weighted by Crippen LogP contribution is -2.43. The van der Waals surface area contributed by atoms with Crippen LogP contribution in [0.15, 0.2) is 18.2 Å². The van der Waals surface area contributed by atoms with E-state index in [-0.39, 0.29) is 5.54 Å². The molecule has 2 unspecified atom stereocenters. The van der Waals surface area contributed by atoms with Crippen molar-refractivity contribution < 1.29 is 0 Å². The van der Waals surface area contributed by atoms with Crippen LogP contribution < -0.4 is 5.32 Å². The highest BCUT2D eigenvalue weighted by atomic mass is 35.5. The highest BCUT2D eigenvalue weighted by Gasteiger charge is 2.42. The van der Waals surface area contributed by atoms with Crippen LogP contribution in [-0.4, -0.2) is 6.04 Å². The van der Waals surface area contributed by atoms with Gasteiger partial charge in [-0.3, -0.25) is 0 Å². The minimum Gasteiger partial charge on any atom is -0.305 e. The average molecular weight is 256 g/mol. The van der Waals surface area contributed by atoms with Crippen LogP contribution in [0.1, 0.15) is 37.7 Å². The summed E-state index contributed by atoms with van der Waals surface area (Å²) in [6.07, 6.45) is 6.39. The van der Waals surface area contributed by atoms with Gasteiger partial charge in [0.15, 0.2) is 0 Å². The first-order valence-corrected chi connectivity index (χ1v) is 6.68. The Morgan fingerprint density at radius 3 is 2.81 bits per heavy atom. The number of benzene rings is 1. The van der Waals surface area contributed by atoms with Gasteiger partial charge in [-0.15, -0.1) is 0 Å². The fourth-order valence-electron chi connectivity index (χ4n) is 3.19. The van der Waals surface area contributed by atoms with E-state index in [4.69, 9.17) is 23.2 Å². The van der Waals surface area contributed by atoms with Crippen molar-refractivity contribution >= 4 is 23.2 Å². The lowest BCUT2D eigenvalue weighted by atomic mass is 9.83. The monoisotopic (exact) mass is 255 g/mol. The van der Waals surface area contributed by atoms with Crippen LogP contribution in [0.25, 0.3) is 0 Å². The Hall–Kier alpha value is -0.240. The van der Waals surface area contributed by atoms with Gasteiger partial charge in [-0.1, -0.05) is 29.3 Å². The van der Waals surface area contributed by atoms with Crippen LogP contribution in [0.5, 0.6) is 0 Å². The summed E-state index contributed by atoms with van der Waals surface area (Å²) in [6, 6.07) is 6.78. The van der Waals surface area contributed by atoms with Gasteiger partial charge in [0, 0.05) is 11.6 Å². The molecule has 2 aliphatic heterocycles. The molecule has 2 aliphatic rings. The van der Waals surface area contributed by atoms with Crippen LogP contribution in [0.4, 0.5) is 0 Å². The molecule has 1 aromatic rings. The highest BCUT2D eigenvalue weighted by molar-refractivity contribution is 6.42. The Morgan fingerprint density at radius 2 is 2.00 bits per heavy atom. The van der Waals surface area contributed by atoms with Crippen LogP contribution in [0.3, 0.4) is 0 Å². The smallest absolute Gasteiger partial charge is 0.0595 e. The standard InChI is InChI=1S/C13H15Cl2N/c14-11-4-3-9(8-12(11)15)13-6-1-2-10(16-13)5-7-13/h3-4,8,10,16H,1-2,5-7H2. The average Bonchev–Trinajstić information content (AvgIpc) is 2.59. The van der Waals surface area contributed by atoms with Gasteiger partial charge in [0.2, 0.25) is 0 Å². The summed E-state index contributed by atoms with van der Waals surface area (Å²) >= 11 is 12.1. The summed E-state index contributed by atoms with van der Waals surface area (Å²) in [5.41, 5.74) is 1.49. The molecule has 0 spiro atoms. The second-order valence-electron chi connectivity index (χ2n) is 4.98. The Kier molecular flexibility index (Phi) is 2.66. The minimum absolute atomic E-state index is 0.178. The van der Waals surface area contributed by atoms with Crippen molar-refractivity contribution in [1.82, 2.24) is 5.32 Å². The van der Waals surface area contributed by atoms with Crippen LogP contribution in [-0.2, 0) is 5.54 Å². The van der Waals surface area contributed by atoms with Crippen LogP contribution in [0, 0.1) is 0 Å². The van der Waals surface area contributed by atoms with E-state index in [9.17, 15) is 0 Å². The molecular weight excluding hydrogens is 241 g/mol. The zero-order chi connectivity index (χ0) is 11.2. The van der Waals surface area contributed by atoms with Gasteiger partial charge in [0.1, 0.15) is 0 Å². The molecule has 0 amide bonds. The molecule has 2 saturated heterocycles. The van der Waals surface area contributed by atoms with E-state index in [1.165, 1.54) is 37.7 Å². The molecule has 2 heterocycles. The van der Waals surface area contributed by atoms with Crippen molar-refractivity contribution in [2.75, 3.05) is 0 Å². The van der Waals surface area contributed by atoms with E-state index >= 15 is 0 Å². The summed E-state index contributed by atoms with van der Waals surface area (Å²) in [5, 5.41) is 5.08. The van der Waals surface area contributed by atoms with Crippen LogP contribution in [0.2, 0.25) is 10.0 Å². The second-order valence-corrected chi connectivity index (χ2v) is 5.80. The van der Waals surface area contributed by atoms with Crippen molar-refractivity contribution in [2.45, 2.75) is 43.7 Å². The van der Waals surface area contributed by atoms with E-state index in [1.54, 1.807) is 0 Å². The zero-order valence-electron chi connectivity index (χ0n) is 9.10. The van der Waals surface area contributed by atoms with Gasteiger partial charge in [-0.05, 0) is 49.8 Å². The maximum Gasteiger partial charge on any atom is 0.0595 e. The highest BCUT2D eigenvalue weighted by Crippen LogP contribution is 2.43. The number of hydrogen-bond acceptors (Lipinski definition) is 1. The zero-order valence-corrected chi connectivity index (χ0v) is 10.6. The first-order chi connectivity index (χ1) is 7.70. The molecule has 16 heavy (non-hydrogen) atoms. The van der Waals surface area contributed by atoms with Crippen molar-refractivity contribution in [1.29, 1.82) is 0 Å². The van der Waals surface area contributed by atoms with Gasteiger partial charge in [-0.25, -0.2) is 0 Å².